The molecule has 3 aromatic rings. The van der Waals surface area contributed by atoms with Crippen LogP contribution in [0.3, 0.4) is 0 Å². The number of hydrogen-bond donors (Lipinski definition) is 1. The third-order valence-corrected chi connectivity index (χ3v) is 5.79. The summed E-state index contributed by atoms with van der Waals surface area (Å²) in [7, 11) is 0. The minimum atomic E-state index is -0.940. The summed E-state index contributed by atoms with van der Waals surface area (Å²) in [5.41, 5.74) is 4.16. The second-order valence-electron chi connectivity index (χ2n) is 7.65. The van der Waals surface area contributed by atoms with Crippen LogP contribution in [0.15, 0.2) is 48.5 Å². The molecule has 1 aliphatic rings. The summed E-state index contributed by atoms with van der Waals surface area (Å²) in [5, 5.41) is 10.3. The van der Waals surface area contributed by atoms with E-state index < -0.39 is 5.97 Å². The molecule has 2 aromatic carbocycles. The Kier molecular flexibility index (Phi) is 5.38. The standard InChI is InChI=1S/C24H26N2O3/c1-2-3-13-25-14-12-19-20-16-18(24(28)29)9-10-21(20)26(22(19)23(25)27)15-11-17-7-5-4-6-8-17/h4-10,16H,2-3,11-15H2,1H3,(H,28,29). The summed E-state index contributed by atoms with van der Waals surface area (Å²) in [6.45, 7) is 4.29. The zero-order chi connectivity index (χ0) is 20.4. The molecule has 0 bridgehead atoms. The van der Waals surface area contributed by atoms with E-state index in [4.69, 9.17) is 0 Å². The molecule has 0 aliphatic carbocycles. The fourth-order valence-electron chi connectivity index (χ4n) is 4.23. The van der Waals surface area contributed by atoms with Crippen LogP contribution < -0.4 is 0 Å². The van der Waals surface area contributed by atoms with Gasteiger partial charge in [-0.3, -0.25) is 4.79 Å². The van der Waals surface area contributed by atoms with Crippen molar-refractivity contribution in [3.63, 3.8) is 0 Å². The van der Waals surface area contributed by atoms with Gasteiger partial charge in [-0.2, -0.15) is 0 Å². The summed E-state index contributed by atoms with van der Waals surface area (Å²) in [4.78, 5) is 26.8. The highest BCUT2D eigenvalue weighted by molar-refractivity contribution is 6.04. The quantitative estimate of drug-likeness (QED) is 0.651. The summed E-state index contributed by atoms with van der Waals surface area (Å²) >= 11 is 0. The van der Waals surface area contributed by atoms with E-state index in [2.05, 4.69) is 23.6 Å². The highest BCUT2D eigenvalue weighted by Gasteiger charge is 2.30. The number of carbonyl (C=O) groups is 2. The van der Waals surface area contributed by atoms with Crippen molar-refractivity contribution in [3.05, 3.63) is 70.9 Å². The molecule has 0 spiro atoms. The van der Waals surface area contributed by atoms with Gasteiger partial charge in [0.25, 0.3) is 5.91 Å². The molecular formula is C24H26N2O3. The first-order valence-electron chi connectivity index (χ1n) is 10.3. The molecule has 0 fully saturated rings. The van der Waals surface area contributed by atoms with Gasteiger partial charge in [0, 0.05) is 30.5 Å². The number of carbonyl (C=O) groups excluding carboxylic acids is 1. The smallest absolute Gasteiger partial charge is 0.335 e. The molecule has 5 nitrogen and oxygen atoms in total. The molecule has 1 N–H and O–H groups in total. The van der Waals surface area contributed by atoms with Gasteiger partial charge >= 0.3 is 5.97 Å². The molecule has 2 heterocycles. The SMILES string of the molecule is CCCCN1CCc2c(n(CCc3ccccc3)c3ccc(C(=O)O)cc23)C1=O. The lowest BCUT2D eigenvalue weighted by atomic mass is 10.0. The normalized spacial score (nSPS) is 13.7. The van der Waals surface area contributed by atoms with E-state index in [0.717, 1.165) is 54.4 Å². The number of rotatable bonds is 7. The Bertz CT molecular complexity index is 1050. The van der Waals surface area contributed by atoms with Crippen LogP contribution in [-0.4, -0.2) is 39.5 Å². The van der Waals surface area contributed by atoms with Crippen molar-refractivity contribution < 1.29 is 14.7 Å². The average molecular weight is 390 g/mol. The largest absolute Gasteiger partial charge is 0.478 e. The minimum absolute atomic E-state index is 0.0702. The molecule has 5 heteroatoms. The Labute approximate surface area is 170 Å². The van der Waals surface area contributed by atoms with E-state index in [-0.39, 0.29) is 11.5 Å². The number of carboxylic acid groups (broad SMARTS) is 1. The second-order valence-corrected chi connectivity index (χ2v) is 7.65. The van der Waals surface area contributed by atoms with Crippen LogP contribution in [0.2, 0.25) is 0 Å². The summed E-state index contributed by atoms with van der Waals surface area (Å²) in [5.74, 6) is -0.870. The predicted octanol–water partition coefficient (Wildman–Crippen LogP) is 4.38. The summed E-state index contributed by atoms with van der Waals surface area (Å²) < 4.78 is 2.10. The highest BCUT2D eigenvalue weighted by Crippen LogP contribution is 2.32. The number of aryl methyl sites for hydroxylation is 2. The van der Waals surface area contributed by atoms with E-state index >= 15 is 0 Å². The number of benzene rings is 2. The van der Waals surface area contributed by atoms with Crippen LogP contribution in [0, 0.1) is 0 Å². The number of nitrogens with zero attached hydrogens (tertiary/aromatic N) is 2. The number of carboxylic acids is 1. The molecule has 4 rings (SSSR count). The molecule has 0 radical (unpaired) electrons. The zero-order valence-electron chi connectivity index (χ0n) is 16.7. The second kappa shape index (κ2) is 8.11. The minimum Gasteiger partial charge on any atom is -0.478 e. The zero-order valence-corrected chi connectivity index (χ0v) is 16.7. The maximum atomic E-state index is 13.3. The van der Waals surface area contributed by atoms with Gasteiger partial charge in [0.15, 0.2) is 0 Å². The number of fused-ring (bicyclic) bond motifs is 3. The van der Waals surface area contributed by atoms with Crippen molar-refractivity contribution in [3.8, 4) is 0 Å². The van der Waals surface area contributed by atoms with Gasteiger partial charge < -0.3 is 14.6 Å². The van der Waals surface area contributed by atoms with Crippen molar-refractivity contribution in [2.45, 2.75) is 39.2 Å². The first kappa shape index (κ1) is 19.2. The van der Waals surface area contributed by atoms with Crippen LogP contribution in [-0.2, 0) is 19.4 Å². The number of aromatic carboxylic acids is 1. The molecule has 0 saturated carbocycles. The first-order valence-corrected chi connectivity index (χ1v) is 10.3. The number of unbranched alkanes of at least 4 members (excludes halogenated alkanes) is 1. The molecule has 0 saturated heterocycles. The van der Waals surface area contributed by atoms with Gasteiger partial charge in [-0.25, -0.2) is 4.79 Å². The summed E-state index contributed by atoms with van der Waals surface area (Å²) in [6, 6.07) is 15.4. The maximum absolute atomic E-state index is 13.3. The topological polar surface area (TPSA) is 62.5 Å². The number of hydrogen-bond acceptors (Lipinski definition) is 2. The van der Waals surface area contributed by atoms with Crippen LogP contribution in [0.1, 0.15) is 51.7 Å². The third-order valence-electron chi connectivity index (χ3n) is 5.79. The molecule has 29 heavy (non-hydrogen) atoms. The Morgan fingerprint density at radius 1 is 1.10 bits per heavy atom. The van der Waals surface area contributed by atoms with Gasteiger partial charge in [-0.15, -0.1) is 0 Å². The Morgan fingerprint density at radius 3 is 2.62 bits per heavy atom. The number of amides is 1. The van der Waals surface area contributed by atoms with Crippen molar-refractivity contribution in [2.24, 2.45) is 0 Å². The van der Waals surface area contributed by atoms with Crippen molar-refractivity contribution in [1.29, 1.82) is 0 Å². The number of aromatic nitrogens is 1. The Morgan fingerprint density at radius 2 is 1.90 bits per heavy atom. The Balaban J connectivity index is 1.78. The van der Waals surface area contributed by atoms with Crippen molar-refractivity contribution in [2.75, 3.05) is 13.1 Å². The van der Waals surface area contributed by atoms with E-state index in [9.17, 15) is 14.7 Å². The van der Waals surface area contributed by atoms with Crippen molar-refractivity contribution >= 4 is 22.8 Å². The predicted molar refractivity (Wildman–Crippen MR) is 114 cm³/mol. The molecule has 150 valence electrons. The molecule has 1 aliphatic heterocycles. The fraction of sp³-hybridized carbons (Fsp3) is 0.333. The van der Waals surface area contributed by atoms with E-state index in [1.807, 2.05) is 29.2 Å². The molecule has 0 atom stereocenters. The van der Waals surface area contributed by atoms with Crippen LogP contribution in [0.4, 0.5) is 0 Å². The van der Waals surface area contributed by atoms with Gasteiger partial charge in [0.1, 0.15) is 5.69 Å². The lowest BCUT2D eigenvalue weighted by Gasteiger charge is -2.28. The van der Waals surface area contributed by atoms with E-state index in [0.29, 0.717) is 13.1 Å². The third kappa shape index (κ3) is 3.65. The first-order chi connectivity index (χ1) is 14.1. The summed E-state index contributed by atoms with van der Waals surface area (Å²) in [6.07, 6.45) is 3.63. The van der Waals surface area contributed by atoms with Crippen LogP contribution in [0.5, 0.6) is 0 Å². The monoisotopic (exact) mass is 390 g/mol. The maximum Gasteiger partial charge on any atom is 0.335 e. The Hall–Kier alpha value is -3.08. The lowest BCUT2D eigenvalue weighted by molar-refractivity contribution is 0.0695. The van der Waals surface area contributed by atoms with Crippen LogP contribution >= 0.6 is 0 Å². The molecule has 1 aromatic heterocycles. The fourth-order valence-corrected chi connectivity index (χ4v) is 4.23. The van der Waals surface area contributed by atoms with Crippen LogP contribution in [0.25, 0.3) is 10.9 Å². The van der Waals surface area contributed by atoms with E-state index in [1.54, 1.807) is 12.1 Å². The molecule has 1 amide bonds. The highest BCUT2D eigenvalue weighted by atomic mass is 16.4. The molecular weight excluding hydrogens is 364 g/mol. The van der Waals surface area contributed by atoms with E-state index in [1.165, 1.54) is 5.56 Å². The molecule has 0 unspecified atom stereocenters. The van der Waals surface area contributed by atoms with Gasteiger partial charge in [0.2, 0.25) is 0 Å². The average Bonchev–Trinajstić information content (AvgIpc) is 3.06. The van der Waals surface area contributed by atoms with Gasteiger partial charge in [-0.05, 0) is 48.6 Å². The van der Waals surface area contributed by atoms with Gasteiger partial charge in [-0.1, -0.05) is 43.7 Å². The lowest BCUT2D eigenvalue weighted by Crippen LogP contribution is -2.39. The van der Waals surface area contributed by atoms with Crippen molar-refractivity contribution in [1.82, 2.24) is 9.47 Å². The van der Waals surface area contributed by atoms with Gasteiger partial charge in [0.05, 0.1) is 5.56 Å².